The van der Waals surface area contributed by atoms with Crippen molar-refractivity contribution < 1.29 is 14.9 Å². The zero-order chi connectivity index (χ0) is 7.84. The highest BCUT2D eigenvalue weighted by molar-refractivity contribution is 5.54. The van der Waals surface area contributed by atoms with E-state index < -0.39 is 0 Å². The van der Waals surface area contributed by atoms with Crippen molar-refractivity contribution in [2.45, 2.75) is 6.42 Å². The van der Waals surface area contributed by atoms with Crippen molar-refractivity contribution in [2.75, 3.05) is 6.61 Å². The second-order valence-corrected chi connectivity index (χ2v) is 2.51. The summed E-state index contributed by atoms with van der Waals surface area (Å²) >= 11 is 0. The summed E-state index contributed by atoms with van der Waals surface area (Å²) in [5.74, 6) is 0.746. The molecule has 1 aromatic carbocycles. The zero-order valence-corrected chi connectivity index (χ0v) is 5.87. The largest absolute Gasteiger partial charge is 0.508 e. The molecule has 0 fully saturated rings. The summed E-state index contributed by atoms with van der Waals surface area (Å²) in [5, 5.41) is 18.5. The van der Waals surface area contributed by atoms with Crippen molar-refractivity contribution in [1.82, 2.24) is 0 Å². The van der Waals surface area contributed by atoms with E-state index in [1.807, 2.05) is 0 Å². The molecule has 0 radical (unpaired) electrons. The van der Waals surface area contributed by atoms with Crippen molar-refractivity contribution in [1.29, 1.82) is 0 Å². The molecule has 0 aliphatic carbocycles. The van der Waals surface area contributed by atoms with Crippen molar-refractivity contribution >= 4 is 0 Å². The van der Waals surface area contributed by atoms with Crippen LogP contribution in [0, 0.1) is 0 Å². The van der Waals surface area contributed by atoms with Crippen LogP contribution in [0.4, 0.5) is 0 Å². The number of benzene rings is 1. The lowest BCUT2D eigenvalue weighted by Crippen LogP contribution is -1.86. The first-order valence-electron chi connectivity index (χ1n) is 3.45. The summed E-state index contributed by atoms with van der Waals surface area (Å²) in [5.41, 5.74) is 0.713. The molecule has 0 spiro atoms. The Kier molecular flexibility index (Phi) is 1.18. The molecule has 1 aliphatic heterocycles. The normalized spacial score (nSPS) is 14.2. The lowest BCUT2D eigenvalue weighted by molar-refractivity contribution is 0.334. The van der Waals surface area contributed by atoms with Gasteiger partial charge >= 0.3 is 0 Å². The van der Waals surface area contributed by atoms with Crippen molar-refractivity contribution in [2.24, 2.45) is 0 Å². The van der Waals surface area contributed by atoms with Crippen LogP contribution in [0.5, 0.6) is 17.2 Å². The van der Waals surface area contributed by atoms with Crippen molar-refractivity contribution in [3.63, 3.8) is 0 Å². The molecule has 2 N–H and O–H groups in total. The molecule has 3 heteroatoms. The summed E-state index contributed by atoms with van der Waals surface area (Å²) in [6.07, 6.45) is 0.676. The quantitative estimate of drug-likeness (QED) is 0.546. The molecular weight excluding hydrogens is 144 g/mol. The second-order valence-electron chi connectivity index (χ2n) is 2.51. The van der Waals surface area contributed by atoms with Crippen molar-refractivity contribution in [3.8, 4) is 17.2 Å². The van der Waals surface area contributed by atoms with Gasteiger partial charge in [-0.3, -0.25) is 0 Å². The number of rotatable bonds is 0. The first-order chi connectivity index (χ1) is 5.29. The van der Waals surface area contributed by atoms with Crippen LogP contribution in [0.3, 0.4) is 0 Å². The Morgan fingerprint density at radius 2 is 1.91 bits per heavy atom. The molecule has 0 unspecified atom stereocenters. The van der Waals surface area contributed by atoms with E-state index in [0.29, 0.717) is 24.3 Å². The lowest BCUT2D eigenvalue weighted by Gasteiger charge is -2.02. The van der Waals surface area contributed by atoms with E-state index in [4.69, 9.17) is 4.74 Å². The van der Waals surface area contributed by atoms with E-state index in [1.54, 1.807) is 0 Å². The van der Waals surface area contributed by atoms with Gasteiger partial charge in [0.25, 0.3) is 0 Å². The topological polar surface area (TPSA) is 49.7 Å². The average molecular weight is 152 g/mol. The number of hydrogen-bond donors (Lipinski definition) is 2. The standard InChI is InChI=1S/C8H8O3/c9-6-1-2-7(10)8-5(6)3-4-11-8/h1-2,9-10H,3-4H2. The molecule has 1 heterocycles. The van der Waals surface area contributed by atoms with Gasteiger partial charge in [-0.15, -0.1) is 0 Å². The molecular formula is C8H8O3. The highest BCUT2D eigenvalue weighted by Gasteiger charge is 2.19. The SMILES string of the molecule is Oc1ccc(O)c2c1CCO2. The molecule has 1 aromatic rings. The second kappa shape index (κ2) is 2.05. The monoisotopic (exact) mass is 152 g/mol. The van der Waals surface area contributed by atoms with Gasteiger partial charge in [-0.05, 0) is 12.1 Å². The summed E-state index contributed by atoms with van der Waals surface area (Å²) in [4.78, 5) is 0. The Labute approximate surface area is 63.9 Å². The maximum atomic E-state index is 9.26. The van der Waals surface area contributed by atoms with Gasteiger partial charge in [0, 0.05) is 12.0 Å². The molecule has 2 rings (SSSR count). The Bertz CT molecular complexity index is 265. The van der Waals surface area contributed by atoms with E-state index in [9.17, 15) is 10.2 Å². The molecule has 0 saturated heterocycles. The van der Waals surface area contributed by atoms with Gasteiger partial charge in [-0.1, -0.05) is 0 Å². The third kappa shape index (κ3) is 0.808. The van der Waals surface area contributed by atoms with Gasteiger partial charge in [-0.25, -0.2) is 0 Å². The third-order valence-electron chi connectivity index (χ3n) is 1.81. The smallest absolute Gasteiger partial charge is 0.167 e. The molecule has 3 nitrogen and oxygen atoms in total. The van der Waals surface area contributed by atoms with Crippen molar-refractivity contribution in [3.05, 3.63) is 17.7 Å². The highest BCUT2D eigenvalue weighted by atomic mass is 16.5. The van der Waals surface area contributed by atoms with Gasteiger partial charge in [-0.2, -0.15) is 0 Å². The maximum absolute atomic E-state index is 9.26. The minimum Gasteiger partial charge on any atom is -0.508 e. The van der Waals surface area contributed by atoms with Gasteiger partial charge in [0.1, 0.15) is 5.75 Å². The van der Waals surface area contributed by atoms with Gasteiger partial charge in [0.05, 0.1) is 6.61 Å². The molecule has 11 heavy (non-hydrogen) atoms. The molecule has 1 aliphatic rings. The van der Waals surface area contributed by atoms with E-state index in [0.717, 1.165) is 0 Å². The van der Waals surface area contributed by atoms with Crippen LogP contribution in [0.2, 0.25) is 0 Å². The van der Waals surface area contributed by atoms with Crippen LogP contribution in [0.25, 0.3) is 0 Å². The summed E-state index contributed by atoms with van der Waals surface area (Å²) < 4.78 is 5.10. The fraction of sp³-hybridized carbons (Fsp3) is 0.250. The molecule has 0 aromatic heterocycles. The molecule has 58 valence electrons. The predicted molar refractivity (Wildman–Crippen MR) is 39.0 cm³/mol. The lowest BCUT2D eigenvalue weighted by atomic mass is 10.1. The predicted octanol–water partition coefficient (Wildman–Crippen LogP) is 1.03. The Balaban J connectivity index is 2.64. The minimum absolute atomic E-state index is 0.107. The Morgan fingerprint density at radius 3 is 2.64 bits per heavy atom. The maximum Gasteiger partial charge on any atom is 0.167 e. The van der Waals surface area contributed by atoms with Crippen LogP contribution in [0.1, 0.15) is 5.56 Å². The molecule has 0 saturated carbocycles. The average Bonchev–Trinajstić information content (AvgIpc) is 2.45. The Morgan fingerprint density at radius 1 is 1.18 bits per heavy atom. The summed E-state index contributed by atoms with van der Waals surface area (Å²) in [7, 11) is 0. The van der Waals surface area contributed by atoms with Crippen LogP contribution in [-0.4, -0.2) is 16.8 Å². The van der Waals surface area contributed by atoms with Crippen LogP contribution in [-0.2, 0) is 6.42 Å². The molecule has 0 bridgehead atoms. The number of phenols is 2. The van der Waals surface area contributed by atoms with E-state index in [-0.39, 0.29) is 11.5 Å². The Hall–Kier alpha value is -1.38. The van der Waals surface area contributed by atoms with Gasteiger partial charge < -0.3 is 14.9 Å². The highest BCUT2D eigenvalue weighted by Crippen LogP contribution is 2.39. The number of phenolic OH excluding ortho intramolecular Hbond substituents is 2. The van der Waals surface area contributed by atoms with Gasteiger partial charge in [0.2, 0.25) is 0 Å². The van der Waals surface area contributed by atoms with Crippen LogP contribution in [0.15, 0.2) is 12.1 Å². The van der Waals surface area contributed by atoms with E-state index in [1.165, 1.54) is 12.1 Å². The van der Waals surface area contributed by atoms with Crippen LogP contribution >= 0.6 is 0 Å². The third-order valence-corrected chi connectivity index (χ3v) is 1.81. The number of ether oxygens (including phenoxy) is 1. The minimum atomic E-state index is 0.107. The van der Waals surface area contributed by atoms with E-state index in [2.05, 4.69) is 0 Å². The first-order valence-corrected chi connectivity index (χ1v) is 3.45. The van der Waals surface area contributed by atoms with E-state index >= 15 is 0 Å². The molecule has 0 amide bonds. The van der Waals surface area contributed by atoms with Crippen LogP contribution < -0.4 is 4.74 Å². The van der Waals surface area contributed by atoms with Gasteiger partial charge in [0.15, 0.2) is 11.5 Å². The zero-order valence-electron chi connectivity index (χ0n) is 5.87. The number of aromatic hydroxyl groups is 2. The number of hydrogen-bond acceptors (Lipinski definition) is 3. The first kappa shape index (κ1) is 6.34. The summed E-state index contributed by atoms with van der Waals surface area (Å²) in [6.45, 7) is 0.542. The summed E-state index contributed by atoms with van der Waals surface area (Å²) in [6, 6.07) is 2.91. The number of fused-ring (bicyclic) bond motifs is 1. The molecule has 0 atom stereocenters. The fourth-order valence-electron chi connectivity index (χ4n) is 1.26. The fourth-order valence-corrected chi connectivity index (χ4v) is 1.26.